The summed E-state index contributed by atoms with van der Waals surface area (Å²) in [6, 6.07) is 22.9. The van der Waals surface area contributed by atoms with Crippen LogP contribution >= 0.6 is 11.1 Å². The third kappa shape index (κ3) is 4.11. The average molecular weight is 404 g/mol. The van der Waals surface area contributed by atoms with E-state index in [0.29, 0.717) is 0 Å². The van der Waals surface area contributed by atoms with Crippen molar-refractivity contribution < 1.29 is 0 Å². The summed E-state index contributed by atoms with van der Waals surface area (Å²) in [4.78, 5) is 0. The molecule has 0 saturated heterocycles. The zero-order valence-electron chi connectivity index (χ0n) is 17.7. The zero-order valence-corrected chi connectivity index (χ0v) is 19.4. The third-order valence-corrected chi connectivity index (χ3v) is 5.47. The number of rotatable bonds is 2. The second kappa shape index (κ2) is 7.53. The Morgan fingerprint density at radius 3 is 1.29 bits per heavy atom. The summed E-state index contributed by atoms with van der Waals surface area (Å²) in [5, 5.41) is 0. The van der Waals surface area contributed by atoms with E-state index in [0.717, 1.165) is 0 Å². The van der Waals surface area contributed by atoms with Crippen LogP contribution < -0.4 is 0 Å². The van der Waals surface area contributed by atoms with Crippen LogP contribution in [0.5, 0.6) is 0 Å². The fourth-order valence-electron chi connectivity index (χ4n) is 3.65. The molecule has 0 N–H and O–H groups in total. The van der Waals surface area contributed by atoms with Gasteiger partial charge >= 0.3 is 0 Å². The molecule has 2 aromatic carbocycles. The first-order chi connectivity index (χ1) is 13.1. The van der Waals surface area contributed by atoms with Crippen molar-refractivity contribution in [3.8, 4) is 33.4 Å². The highest BCUT2D eigenvalue weighted by Gasteiger charge is 2.25. The minimum atomic E-state index is 0.191. The number of fused-ring (bicyclic) bond motifs is 1. The molecular weight excluding hydrogens is 376 g/mol. The van der Waals surface area contributed by atoms with Crippen molar-refractivity contribution in [1.82, 2.24) is 0 Å². The fourth-order valence-corrected chi connectivity index (χ4v) is 3.65. The summed E-state index contributed by atoms with van der Waals surface area (Å²) < 4.78 is 0. The molecule has 0 unspecified atom stereocenters. The maximum atomic E-state index is 4.44. The molecule has 2 aromatic rings. The molecule has 2 aliphatic carbocycles. The highest BCUT2D eigenvalue weighted by molar-refractivity contribution is 6.80. The Bertz CT molecular complexity index is 969. The van der Waals surface area contributed by atoms with Crippen LogP contribution in [0.25, 0.3) is 33.4 Å². The van der Waals surface area contributed by atoms with Crippen LogP contribution in [-0.4, -0.2) is 9.55 Å². The maximum absolute atomic E-state index is 4.44. The van der Waals surface area contributed by atoms with Crippen LogP contribution in [0.2, 0.25) is 0 Å². The minimum absolute atomic E-state index is 0.191. The Morgan fingerprint density at radius 1 is 0.536 bits per heavy atom. The lowest BCUT2D eigenvalue weighted by Gasteiger charge is -2.20. The average Bonchev–Trinajstić information content (AvgIpc) is 3.32. The molecule has 143 valence electrons. The lowest BCUT2D eigenvalue weighted by molar-refractivity contribution is 0.590. The van der Waals surface area contributed by atoms with Gasteiger partial charge in [0.15, 0.2) is 9.55 Å². The summed E-state index contributed by atoms with van der Waals surface area (Å²) in [5.41, 5.74) is 11.4. The summed E-state index contributed by atoms with van der Waals surface area (Å²) in [5.74, 6) is 0. The van der Waals surface area contributed by atoms with Gasteiger partial charge < -0.3 is 0 Å². The van der Waals surface area contributed by atoms with Gasteiger partial charge in [0.25, 0.3) is 0 Å². The monoisotopic (exact) mass is 403 g/mol. The van der Waals surface area contributed by atoms with Gasteiger partial charge in [0.05, 0.1) is 0 Å². The van der Waals surface area contributed by atoms with Gasteiger partial charge in [0.2, 0.25) is 0 Å². The number of hydrogen-bond donors (Lipinski definition) is 0. The second-order valence-corrected chi connectivity index (χ2v) is 9.60. The molecule has 0 aliphatic heterocycles. The SMILES string of the molecule is CC(C)(C)c1ccc(-c2cc3cc-3c2-c2ccc(C(C)(C)C)cc2)cc1.[Si]Cl. The van der Waals surface area contributed by atoms with Crippen LogP contribution in [0.15, 0.2) is 60.7 Å². The fraction of sp³-hybridized carbons (Fsp3) is 0.308. The molecule has 0 spiro atoms. The molecular formula is C26H28ClSi. The molecule has 28 heavy (non-hydrogen) atoms. The van der Waals surface area contributed by atoms with E-state index in [2.05, 4.69) is 123 Å². The predicted molar refractivity (Wildman–Crippen MR) is 125 cm³/mol. The molecule has 2 heteroatoms. The van der Waals surface area contributed by atoms with E-state index in [1.807, 2.05) is 0 Å². The maximum Gasteiger partial charge on any atom is 0.174 e. The highest BCUT2D eigenvalue weighted by Crippen LogP contribution is 2.51. The lowest BCUT2D eigenvalue weighted by Crippen LogP contribution is -2.10. The van der Waals surface area contributed by atoms with Crippen LogP contribution in [-0.2, 0) is 10.8 Å². The van der Waals surface area contributed by atoms with Crippen LogP contribution in [0.1, 0.15) is 52.7 Å². The van der Waals surface area contributed by atoms with Crippen molar-refractivity contribution in [3.63, 3.8) is 0 Å². The van der Waals surface area contributed by atoms with E-state index in [4.69, 9.17) is 0 Å². The molecule has 0 nitrogen and oxygen atoms in total. The molecule has 0 heterocycles. The molecule has 0 fully saturated rings. The van der Waals surface area contributed by atoms with Crippen LogP contribution in [0.4, 0.5) is 0 Å². The molecule has 3 radical (unpaired) electrons. The standard InChI is InChI=1S/C26H28.ClSi/c1-25(2,3)20-11-7-17(8-12-20)22-15-19-16-23(19)24(22)18-9-13-21(14-10-18)26(4,5)6;1-2/h7-16H,1-6H3;. The van der Waals surface area contributed by atoms with Crippen molar-refractivity contribution in [2.45, 2.75) is 52.4 Å². The molecule has 0 amide bonds. The van der Waals surface area contributed by atoms with Crippen molar-refractivity contribution in [3.05, 3.63) is 71.8 Å². The first kappa shape index (κ1) is 20.9. The summed E-state index contributed by atoms with van der Waals surface area (Å²) in [6.45, 7) is 13.6. The predicted octanol–water partition coefficient (Wildman–Crippen LogP) is 7.90. The normalized spacial score (nSPS) is 12.3. The van der Waals surface area contributed by atoms with Gasteiger partial charge in [-0.05, 0) is 67.5 Å². The van der Waals surface area contributed by atoms with Crippen LogP contribution in [0, 0.1) is 0 Å². The smallest absolute Gasteiger partial charge is 0.174 e. The quantitative estimate of drug-likeness (QED) is 0.235. The van der Waals surface area contributed by atoms with Gasteiger partial charge in [-0.2, -0.15) is 11.1 Å². The van der Waals surface area contributed by atoms with Crippen molar-refractivity contribution in [1.29, 1.82) is 0 Å². The van der Waals surface area contributed by atoms with Gasteiger partial charge in [-0.3, -0.25) is 0 Å². The van der Waals surface area contributed by atoms with E-state index < -0.39 is 0 Å². The van der Waals surface area contributed by atoms with E-state index >= 15 is 0 Å². The van der Waals surface area contributed by atoms with Gasteiger partial charge in [-0.1, -0.05) is 90.1 Å². The summed E-state index contributed by atoms with van der Waals surface area (Å²) >= 11 is 4.44. The third-order valence-electron chi connectivity index (χ3n) is 5.47. The summed E-state index contributed by atoms with van der Waals surface area (Å²) in [7, 11) is 2.44. The van der Waals surface area contributed by atoms with E-state index in [1.54, 1.807) is 0 Å². The molecule has 4 rings (SSSR count). The first-order valence-corrected chi connectivity index (χ1v) is 11.2. The number of benzene rings is 3. The Balaban J connectivity index is 0.00000109. The molecule has 0 saturated carbocycles. The van der Waals surface area contributed by atoms with Crippen molar-refractivity contribution >= 4 is 20.6 Å². The molecule has 0 aromatic heterocycles. The largest absolute Gasteiger partial charge is 0.174 e. The van der Waals surface area contributed by atoms with Gasteiger partial charge in [-0.15, -0.1) is 0 Å². The van der Waals surface area contributed by atoms with Gasteiger partial charge in [-0.25, -0.2) is 0 Å². The van der Waals surface area contributed by atoms with Gasteiger partial charge in [0.1, 0.15) is 0 Å². The number of halogens is 1. The molecule has 0 atom stereocenters. The van der Waals surface area contributed by atoms with Crippen LogP contribution in [0.3, 0.4) is 0 Å². The second-order valence-electron chi connectivity index (χ2n) is 9.60. The van der Waals surface area contributed by atoms with Gasteiger partial charge in [0, 0.05) is 0 Å². The molecule has 0 bridgehead atoms. The lowest BCUT2D eigenvalue weighted by atomic mass is 9.85. The Kier molecular flexibility index (Phi) is 5.62. The van der Waals surface area contributed by atoms with E-state index in [9.17, 15) is 0 Å². The minimum Gasteiger partial charge on any atom is -0.174 e. The zero-order chi connectivity index (χ0) is 20.7. The van der Waals surface area contributed by atoms with E-state index in [1.165, 1.54) is 44.5 Å². The highest BCUT2D eigenvalue weighted by atomic mass is 35.6. The Morgan fingerprint density at radius 2 is 0.893 bits per heavy atom. The van der Waals surface area contributed by atoms with E-state index in [-0.39, 0.29) is 10.8 Å². The topological polar surface area (TPSA) is 0 Å². The number of hydrogen-bond acceptors (Lipinski definition) is 0. The Labute approximate surface area is 178 Å². The Hall–Kier alpha value is -1.83. The first-order valence-electron chi connectivity index (χ1n) is 9.74. The van der Waals surface area contributed by atoms with Crippen molar-refractivity contribution in [2.24, 2.45) is 0 Å². The summed E-state index contributed by atoms with van der Waals surface area (Å²) in [6.07, 6.45) is 0. The molecule has 2 aliphatic rings. The van der Waals surface area contributed by atoms with Crippen molar-refractivity contribution in [2.75, 3.05) is 0 Å².